The number of benzene rings is 7. The Labute approximate surface area is 304 Å². The van der Waals surface area contributed by atoms with E-state index in [-0.39, 0.29) is 0 Å². The van der Waals surface area contributed by atoms with Gasteiger partial charge in [0.2, 0.25) is 0 Å². The van der Waals surface area contributed by atoms with Crippen LogP contribution in [0.4, 0.5) is 0 Å². The highest BCUT2D eigenvalue weighted by atomic mass is 14.7. The van der Waals surface area contributed by atoms with Crippen LogP contribution < -0.4 is 0 Å². The van der Waals surface area contributed by atoms with Gasteiger partial charge in [-0.25, -0.2) is 0 Å². The Morgan fingerprint density at radius 2 is 0.654 bits per heavy atom. The second-order valence-corrected chi connectivity index (χ2v) is 13.5. The Balaban J connectivity index is 1.24. The smallest absolute Gasteiger partial charge is 0.0705 e. The Bertz CT molecular complexity index is 2710. The largest absolute Gasteiger partial charge is 0.253 e. The average molecular weight is 665 g/mol. The van der Waals surface area contributed by atoms with Crippen molar-refractivity contribution < 1.29 is 0 Å². The first kappa shape index (κ1) is 31.3. The molecule has 246 valence electrons. The number of hydrogen-bond donors (Lipinski definition) is 0. The van der Waals surface area contributed by atoms with E-state index >= 15 is 0 Å². The molecule has 9 rings (SSSR count). The molecule has 0 atom stereocenters. The number of pyridine rings is 2. The van der Waals surface area contributed by atoms with Crippen LogP contribution in [0.15, 0.2) is 182 Å². The summed E-state index contributed by atoms with van der Waals surface area (Å²) in [5, 5.41) is 4.91. The Kier molecular flexibility index (Phi) is 7.98. The summed E-state index contributed by atoms with van der Waals surface area (Å²) in [7, 11) is 0. The van der Waals surface area contributed by atoms with Crippen molar-refractivity contribution in [1.82, 2.24) is 9.97 Å². The maximum atomic E-state index is 4.79. The number of fused-ring (bicyclic) bond motifs is 2. The summed E-state index contributed by atoms with van der Waals surface area (Å²) in [5.41, 5.74) is 15.9. The average Bonchev–Trinajstić information content (AvgIpc) is 3.20. The molecule has 0 amide bonds. The maximum Gasteiger partial charge on any atom is 0.0705 e. The van der Waals surface area contributed by atoms with E-state index in [1.165, 1.54) is 66.1 Å². The molecule has 0 aliphatic rings. The van der Waals surface area contributed by atoms with E-state index in [1.807, 2.05) is 26.0 Å². The van der Waals surface area contributed by atoms with Gasteiger partial charge in [-0.15, -0.1) is 0 Å². The SMILES string of the molecule is Cc1cccc(-c2ccc(-c3c4ccccc4c(-c4ccc(-c5cccc(C)n5)cc4)c4cc(-c5ccc(-c6ccccc6)cc5)ccc34)cc2)n1. The lowest BCUT2D eigenvalue weighted by molar-refractivity contribution is 1.20. The van der Waals surface area contributed by atoms with Crippen molar-refractivity contribution in [2.75, 3.05) is 0 Å². The lowest BCUT2D eigenvalue weighted by atomic mass is 9.84. The van der Waals surface area contributed by atoms with Crippen molar-refractivity contribution >= 4 is 21.5 Å². The fourth-order valence-electron chi connectivity index (χ4n) is 7.49. The maximum absolute atomic E-state index is 4.79. The zero-order valence-corrected chi connectivity index (χ0v) is 29.2. The highest BCUT2D eigenvalue weighted by molar-refractivity contribution is 6.22. The van der Waals surface area contributed by atoms with Crippen molar-refractivity contribution in [3.05, 3.63) is 193 Å². The van der Waals surface area contributed by atoms with Gasteiger partial charge in [0.05, 0.1) is 11.4 Å². The zero-order valence-electron chi connectivity index (χ0n) is 29.2. The van der Waals surface area contributed by atoms with E-state index in [0.717, 1.165) is 33.9 Å². The molecule has 52 heavy (non-hydrogen) atoms. The monoisotopic (exact) mass is 664 g/mol. The molecular formula is C50H36N2. The molecule has 7 aromatic carbocycles. The summed E-state index contributed by atoms with van der Waals surface area (Å²) in [5.74, 6) is 0. The zero-order chi connectivity index (χ0) is 35.0. The molecule has 0 aliphatic heterocycles. The number of aromatic nitrogens is 2. The minimum absolute atomic E-state index is 0.988. The molecule has 2 aromatic heterocycles. The molecule has 0 spiro atoms. The van der Waals surface area contributed by atoms with E-state index in [4.69, 9.17) is 9.97 Å². The normalized spacial score (nSPS) is 11.3. The third-order valence-electron chi connectivity index (χ3n) is 10.1. The minimum atomic E-state index is 0.988. The minimum Gasteiger partial charge on any atom is -0.253 e. The summed E-state index contributed by atoms with van der Waals surface area (Å²) in [4.78, 5) is 9.56. The van der Waals surface area contributed by atoms with Gasteiger partial charge < -0.3 is 0 Å². The Morgan fingerprint density at radius 1 is 0.269 bits per heavy atom. The summed E-state index contributed by atoms with van der Waals surface area (Å²) in [6.45, 7) is 4.08. The van der Waals surface area contributed by atoms with Gasteiger partial charge in [-0.2, -0.15) is 0 Å². The molecule has 0 bridgehead atoms. The van der Waals surface area contributed by atoms with Gasteiger partial charge in [-0.3, -0.25) is 9.97 Å². The third-order valence-corrected chi connectivity index (χ3v) is 10.1. The summed E-state index contributed by atoms with van der Waals surface area (Å²) in [6, 6.07) is 65.5. The third kappa shape index (κ3) is 5.85. The summed E-state index contributed by atoms with van der Waals surface area (Å²) in [6.07, 6.45) is 0. The molecule has 0 radical (unpaired) electrons. The van der Waals surface area contributed by atoms with Gasteiger partial charge in [-0.1, -0.05) is 152 Å². The second kappa shape index (κ2) is 13.2. The summed E-state index contributed by atoms with van der Waals surface area (Å²) >= 11 is 0. The van der Waals surface area contributed by atoms with Gasteiger partial charge in [0.15, 0.2) is 0 Å². The standard InChI is InChI=1S/C50H36N2/c1-33-10-8-16-47(51-33)38-22-26-40(27-23-38)49-43-14-6-7-15-44(43)50(41-28-24-39(25-29-41)48-17-9-11-34(2)52-48)46-32-42(30-31-45(46)49)37-20-18-36(19-21-37)35-12-4-3-5-13-35/h3-32H,1-2H3. The van der Waals surface area contributed by atoms with E-state index in [0.29, 0.717) is 0 Å². The van der Waals surface area contributed by atoms with Gasteiger partial charge in [0.1, 0.15) is 0 Å². The highest BCUT2D eigenvalue weighted by Crippen LogP contribution is 2.45. The molecule has 0 fully saturated rings. The van der Waals surface area contributed by atoms with E-state index < -0.39 is 0 Å². The summed E-state index contributed by atoms with van der Waals surface area (Å²) < 4.78 is 0. The molecule has 2 heteroatoms. The molecule has 0 saturated heterocycles. The molecular weight excluding hydrogens is 629 g/mol. The van der Waals surface area contributed by atoms with Gasteiger partial charge in [0, 0.05) is 22.5 Å². The Hall–Kier alpha value is -6.64. The van der Waals surface area contributed by atoms with Crippen LogP contribution in [-0.4, -0.2) is 9.97 Å². The highest BCUT2D eigenvalue weighted by Gasteiger charge is 2.18. The molecule has 2 heterocycles. The molecule has 0 saturated carbocycles. The van der Waals surface area contributed by atoms with Crippen molar-refractivity contribution in [3.63, 3.8) is 0 Å². The second-order valence-electron chi connectivity index (χ2n) is 13.5. The molecule has 0 aliphatic carbocycles. The predicted molar refractivity (Wildman–Crippen MR) is 219 cm³/mol. The lowest BCUT2D eigenvalue weighted by Crippen LogP contribution is -1.93. The van der Waals surface area contributed by atoms with Crippen molar-refractivity contribution in [3.8, 4) is 67.0 Å². The predicted octanol–water partition coefficient (Wildman–Crippen LogP) is 13.4. The van der Waals surface area contributed by atoms with Crippen molar-refractivity contribution in [2.45, 2.75) is 13.8 Å². The molecule has 9 aromatic rings. The molecule has 0 unspecified atom stereocenters. The number of aryl methyl sites for hydroxylation is 2. The molecule has 2 nitrogen and oxygen atoms in total. The van der Waals surface area contributed by atoms with Crippen LogP contribution in [0, 0.1) is 13.8 Å². The van der Waals surface area contributed by atoms with Gasteiger partial charge in [0.25, 0.3) is 0 Å². The first-order valence-corrected chi connectivity index (χ1v) is 17.8. The van der Waals surface area contributed by atoms with Gasteiger partial charge in [-0.05, 0) is 110 Å². The van der Waals surface area contributed by atoms with Gasteiger partial charge >= 0.3 is 0 Å². The van der Waals surface area contributed by atoms with Crippen LogP contribution in [0.5, 0.6) is 0 Å². The number of rotatable bonds is 6. The van der Waals surface area contributed by atoms with Crippen LogP contribution in [0.3, 0.4) is 0 Å². The van der Waals surface area contributed by atoms with Crippen molar-refractivity contribution in [1.29, 1.82) is 0 Å². The first-order chi connectivity index (χ1) is 25.6. The van der Waals surface area contributed by atoms with Crippen LogP contribution in [0.25, 0.3) is 88.6 Å². The van der Waals surface area contributed by atoms with Crippen LogP contribution >= 0.6 is 0 Å². The number of hydrogen-bond acceptors (Lipinski definition) is 2. The van der Waals surface area contributed by atoms with E-state index in [1.54, 1.807) is 0 Å². The fourth-order valence-corrected chi connectivity index (χ4v) is 7.49. The quantitative estimate of drug-likeness (QED) is 0.165. The van der Waals surface area contributed by atoms with Crippen LogP contribution in [0.1, 0.15) is 11.4 Å². The first-order valence-electron chi connectivity index (χ1n) is 17.8. The topological polar surface area (TPSA) is 25.8 Å². The fraction of sp³-hybridized carbons (Fsp3) is 0.0400. The lowest BCUT2D eigenvalue weighted by Gasteiger charge is -2.19. The van der Waals surface area contributed by atoms with Crippen LogP contribution in [-0.2, 0) is 0 Å². The van der Waals surface area contributed by atoms with E-state index in [9.17, 15) is 0 Å². The van der Waals surface area contributed by atoms with Crippen LogP contribution in [0.2, 0.25) is 0 Å². The Morgan fingerprint density at radius 3 is 1.17 bits per heavy atom. The van der Waals surface area contributed by atoms with Crippen molar-refractivity contribution in [2.24, 2.45) is 0 Å². The molecule has 0 N–H and O–H groups in total. The van der Waals surface area contributed by atoms with E-state index in [2.05, 4.69) is 170 Å². The number of nitrogens with zero attached hydrogens (tertiary/aromatic N) is 2.